The van der Waals surface area contributed by atoms with Crippen LogP contribution in [0.3, 0.4) is 0 Å². The van der Waals surface area contributed by atoms with E-state index in [9.17, 15) is 14.6 Å². The molecule has 3 N–H and O–H groups in total. The highest BCUT2D eigenvalue weighted by molar-refractivity contribution is 5.47. The summed E-state index contributed by atoms with van der Waals surface area (Å²) in [5, 5.41) is 22.1. The highest BCUT2D eigenvalue weighted by atomic mass is 19.1. The second-order valence-electron chi connectivity index (χ2n) is 3.86. The molecule has 1 aliphatic rings. The number of nitrogens with one attached hydrogen (secondary N) is 1. The Hall–Kier alpha value is -1.29. The molecule has 4 heteroatoms. The number of hydrogen-bond acceptors (Lipinski definition) is 3. The molecular weight excluding hydrogens is 197 g/mol. The molecule has 0 unspecified atom stereocenters. The minimum atomic E-state index is -0.773. The smallest absolute Gasteiger partial charge is 0.194 e. The zero-order chi connectivity index (χ0) is 10.8. The molecule has 3 nitrogen and oxygen atoms in total. The van der Waals surface area contributed by atoms with Gasteiger partial charge in [-0.05, 0) is 37.9 Å². The van der Waals surface area contributed by atoms with Crippen LogP contribution in [-0.4, -0.2) is 23.3 Å². The molecule has 0 aliphatic carbocycles. The van der Waals surface area contributed by atoms with E-state index in [0.29, 0.717) is 5.56 Å². The molecule has 1 saturated heterocycles. The number of rotatable bonds is 1. The Morgan fingerprint density at radius 2 is 1.80 bits per heavy atom. The van der Waals surface area contributed by atoms with Gasteiger partial charge in [0.2, 0.25) is 0 Å². The van der Waals surface area contributed by atoms with E-state index in [0.717, 1.165) is 25.9 Å². The van der Waals surface area contributed by atoms with E-state index in [1.54, 1.807) is 6.07 Å². The highest BCUT2D eigenvalue weighted by Crippen LogP contribution is 2.38. The van der Waals surface area contributed by atoms with E-state index in [1.807, 2.05) is 0 Å². The van der Waals surface area contributed by atoms with Gasteiger partial charge in [-0.3, -0.25) is 0 Å². The Morgan fingerprint density at radius 3 is 2.47 bits per heavy atom. The van der Waals surface area contributed by atoms with Crippen molar-refractivity contribution in [1.29, 1.82) is 0 Å². The van der Waals surface area contributed by atoms with Crippen LogP contribution in [0.15, 0.2) is 12.1 Å². The van der Waals surface area contributed by atoms with Gasteiger partial charge in [0.25, 0.3) is 0 Å². The van der Waals surface area contributed by atoms with Gasteiger partial charge in [-0.15, -0.1) is 0 Å². The Bertz CT molecular complexity index is 362. The lowest BCUT2D eigenvalue weighted by molar-refractivity contribution is 0.365. The first-order valence-electron chi connectivity index (χ1n) is 5.11. The molecule has 1 aliphatic heterocycles. The molecule has 0 saturated carbocycles. The van der Waals surface area contributed by atoms with Crippen molar-refractivity contribution in [3.63, 3.8) is 0 Å². The van der Waals surface area contributed by atoms with E-state index in [1.165, 1.54) is 6.07 Å². The van der Waals surface area contributed by atoms with Gasteiger partial charge < -0.3 is 15.5 Å². The molecule has 0 atom stereocenters. The van der Waals surface area contributed by atoms with Crippen LogP contribution in [0.25, 0.3) is 0 Å². The summed E-state index contributed by atoms with van der Waals surface area (Å²) < 4.78 is 12.9. The molecule has 1 fully saturated rings. The molecule has 1 heterocycles. The molecule has 0 bridgehead atoms. The van der Waals surface area contributed by atoms with Gasteiger partial charge in [0, 0.05) is 5.56 Å². The Labute approximate surface area is 87.6 Å². The fourth-order valence-corrected chi connectivity index (χ4v) is 2.03. The summed E-state index contributed by atoms with van der Waals surface area (Å²) in [5.74, 6) is -1.50. The Morgan fingerprint density at radius 1 is 1.13 bits per heavy atom. The average molecular weight is 211 g/mol. The number of hydrogen-bond donors (Lipinski definition) is 3. The minimum Gasteiger partial charge on any atom is -0.504 e. The molecule has 0 radical (unpaired) electrons. The summed E-state index contributed by atoms with van der Waals surface area (Å²) in [6, 6.07) is 2.76. The van der Waals surface area contributed by atoms with E-state index >= 15 is 0 Å². The first kappa shape index (κ1) is 10.2. The quantitative estimate of drug-likeness (QED) is 0.620. The number of benzene rings is 1. The second kappa shape index (κ2) is 4.06. The molecule has 0 spiro atoms. The van der Waals surface area contributed by atoms with Crippen LogP contribution in [0, 0.1) is 5.82 Å². The first-order chi connectivity index (χ1) is 7.20. The Kier molecular flexibility index (Phi) is 2.77. The molecular formula is C11H14FNO2. The van der Waals surface area contributed by atoms with Crippen molar-refractivity contribution in [2.24, 2.45) is 0 Å². The van der Waals surface area contributed by atoms with Crippen molar-refractivity contribution in [2.75, 3.05) is 13.1 Å². The fourth-order valence-electron chi connectivity index (χ4n) is 2.03. The summed E-state index contributed by atoms with van der Waals surface area (Å²) in [5.41, 5.74) is 0.649. The first-order valence-corrected chi connectivity index (χ1v) is 5.11. The summed E-state index contributed by atoms with van der Waals surface area (Å²) in [7, 11) is 0. The summed E-state index contributed by atoms with van der Waals surface area (Å²) in [4.78, 5) is 0. The zero-order valence-corrected chi connectivity index (χ0v) is 8.33. The number of piperidine rings is 1. The lowest BCUT2D eigenvalue weighted by Crippen LogP contribution is -2.26. The lowest BCUT2D eigenvalue weighted by Gasteiger charge is -2.23. The van der Waals surface area contributed by atoms with Gasteiger partial charge in [0.05, 0.1) is 0 Å². The molecule has 0 amide bonds. The number of phenols is 2. The van der Waals surface area contributed by atoms with Gasteiger partial charge in [-0.25, -0.2) is 4.39 Å². The number of halogens is 1. The van der Waals surface area contributed by atoms with Gasteiger partial charge >= 0.3 is 0 Å². The molecule has 1 aromatic carbocycles. The largest absolute Gasteiger partial charge is 0.504 e. The van der Waals surface area contributed by atoms with Crippen LogP contribution >= 0.6 is 0 Å². The molecule has 2 rings (SSSR count). The third-order valence-corrected chi connectivity index (χ3v) is 2.91. The van der Waals surface area contributed by atoms with E-state index in [2.05, 4.69) is 5.32 Å². The number of aromatic hydroxyl groups is 2. The van der Waals surface area contributed by atoms with Crippen molar-refractivity contribution in [3.8, 4) is 11.5 Å². The molecule has 15 heavy (non-hydrogen) atoms. The van der Waals surface area contributed by atoms with Gasteiger partial charge in [0.1, 0.15) is 0 Å². The van der Waals surface area contributed by atoms with E-state index in [4.69, 9.17) is 0 Å². The second-order valence-corrected chi connectivity index (χ2v) is 3.86. The van der Waals surface area contributed by atoms with E-state index < -0.39 is 11.6 Å². The average Bonchev–Trinajstić information content (AvgIpc) is 2.27. The SMILES string of the molecule is Oc1c(F)ccc(C2CCNCC2)c1O. The minimum absolute atomic E-state index is 0.206. The predicted octanol–water partition coefficient (Wildman–Crippen LogP) is 1.70. The molecule has 1 aromatic rings. The number of phenolic OH excluding ortho intramolecular Hbond substituents is 2. The highest BCUT2D eigenvalue weighted by Gasteiger charge is 2.21. The van der Waals surface area contributed by atoms with Crippen LogP contribution in [0.1, 0.15) is 24.3 Å². The van der Waals surface area contributed by atoms with Crippen molar-refractivity contribution in [3.05, 3.63) is 23.5 Å². The van der Waals surface area contributed by atoms with E-state index in [-0.39, 0.29) is 11.7 Å². The Balaban J connectivity index is 2.31. The molecule has 82 valence electrons. The van der Waals surface area contributed by atoms with Gasteiger partial charge in [-0.2, -0.15) is 0 Å². The van der Waals surface area contributed by atoms with Gasteiger partial charge in [-0.1, -0.05) is 6.07 Å². The van der Waals surface area contributed by atoms with Crippen LogP contribution in [0.2, 0.25) is 0 Å². The molecule has 0 aromatic heterocycles. The fraction of sp³-hybridized carbons (Fsp3) is 0.455. The van der Waals surface area contributed by atoms with Crippen LogP contribution in [0.5, 0.6) is 11.5 Å². The monoisotopic (exact) mass is 211 g/mol. The van der Waals surface area contributed by atoms with Crippen molar-refractivity contribution < 1.29 is 14.6 Å². The predicted molar refractivity (Wildman–Crippen MR) is 54.6 cm³/mol. The maximum atomic E-state index is 12.9. The standard InChI is InChI=1S/C11H14FNO2/c12-9-2-1-8(10(14)11(9)15)7-3-5-13-6-4-7/h1-2,7,13-15H,3-6H2. The van der Waals surface area contributed by atoms with Crippen molar-refractivity contribution in [2.45, 2.75) is 18.8 Å². The topological polar surface area (TPSA) is 52.5 Å². The van der Waals surface area contributed by atoms with Crippen LogP contribution < -0.4 is 5.32 Å². The van der Waals surface area contributed by atoms with Crippen LogP contribution in [0.4, 0.5) is 4.39 Å². The van der Waals surface area contributed by atoms with Crippen LogP contribution in [-0.2, 0) is 0 Å². The normalized spacial score (nSPS) is 17.9. The zero-order valence-electron chi connectivity index (χ0n) is 8.33. The third-order valence-electron chi connectivity index (χ3n) is 2.91. The third kappa shape index (κ3) is 1.90. The maximum Gasteiger partial charge on any atom is 0.194 e. The summed E-state index contributed by atoms with van der Waals surface area (Å²) in [6.45, 7) is 1.78. The maximum absolute atomic E-state index is 12.9. The summed E-state index contributed by atoms with van der Waals surface area (Å²) in [6.07, 6.45) is 1.80. The lowest BCUT2D eigenvalue weighted by atomic mass is 9.89. The summed E-state index contributed by atoms with van der Waals surface area (Å²) >= 11 is 0. The van der Waals surface area contributed by atoms with Gasteiger partial charge in [0.15, 0.2) is 17.3 Å². The van der Waals surface area contributed by atoms with Crippen molar-refractivity contribution >= 4 is 0 Å². The van der Waals surface area contributed by atoms with Crippen molar-refractivity contribution in [1.82, 2.24) is 5.32 Å².